The van der Waals surface area contributed by atoms with Crippen molar-refractivity contribution in [3.05, 3.63) is 63.9 Å². The van der Waals surface area contributed by atoms with Crippen molar-refractivity contribution < 1.29 is 23.1 Å². The van der Waals surface area contributed by atoms with Crippen LogP contribution in [-0.4, -0.2) is 33.1 Å². The van der Waals surface area contributed by atoms with Gasteiger partial charge in [-0.1, -0.05) is 11.6 Å². The van der Waals surface area contributed by atoms with Gasteiger partial charge in [0.25, 0.3) is 11.8 Å². The van der Waals surface area contributed by atoms with E-state index in [-0.39, 0.29) is 40.4 Å². The predicted octanol–water partition coefficient (Wildman–Crippen LogP) is 3.61. The number of hydrogen-bond donors (Lipinski definition) is 2. The summed E-state index contributed by atoms with van der Waals surface area (Å²) in [5, 5.41) is 8.96. The van der Waals surface area contributed by atoms with Crippen molar-refractivity contribution >= 4 is 34.9 Å². The molecular weight excluding hydrogens is 432 g/mol. The van der Waals surface area contributed by atoms with Crippen LogP contribution in [0.25, 0.3) is 0 Å². The lowest BCUT2D eigenvalue weighted by atomic mass is 10.1. The minimum absolute atomic E-state index is 0.0693. The van der Waals surface area contributed by atoms with Crippen LogP contribution >= 0.6 is 11.6 Å². The molecule has 3 heterocycles. The number of aryl methyl sites for hydroxylation is 1. The lowest BCUT2D eigenvalue weighted by molar-refractivity contribution is -0.125. The first-order valence-corrected chi connectivity index (χ1v) is 9.55. The number of amides is 2. The zero-order valence-corrected chi connectivity index (χ0v) is 17.1. The summed E-state index contributed by atoms with van der Waals surface area (Å²) in [7, 11) is 0. The number of pyridine rings is 1. The Hall–Kier alpha value is -3.53. The standard InChI is InChI=1S/C20H16ClF2N5O3/c1-9-3-15-19(26-17(9)25-18(29)16-14(21)7-24-27-16)31-10(2)20(30)28(15)8-11-4-12(22)6-13(23)5-11/h3-7,10H,8H2,1-2H3,(H,24,27)(H,25,26,29)/t10-/m1/s1. The van der Waals surface area contributed by atoms with Gasteiger partial charge < -0.3 is 10.1 Å². The van der Waals surface area contributed by atoms with E-state index in [9.17, 15) is 18.4 Å². The fraction of sp³-hybridized carbons (Fsp3) is 0.200. The van der Waals surface area contributed by atoms with Gasteiger partial charge in [0, 0.05) is 6.07 Å². The summed E-state index contributed by atoms with van der Waals surface area (Å²) in [5.74, 6) is -2.12. The van der Waals surface area contributed by atoms with Crippen LogP contribution in [0.15, 0.2) is 30.5 Å². The highest BCUT2D eigenvalue weighted by Gasteiger charge is 2.33. The topological polar surface area (TPSA) is 100 Å². The Morgan fingerprint density at radius 2 is 2.00 bits per heavy atom. The third-order valence-electron chi connectivity index (χ3n) is 4.67. The van der Waals surface area contributed by atoms with Crippen LogP contribution in [-0.2, 0) is 11.3 Å². The van der Waals surface area contributed by atoms with Gasteiger partial charge in [0.15, 0.2) is 6.10 Å². The number of nitrogens with zero attached hydrogens (tertiary/aromatic N) is 3. The lowest BCUT2D eigenvalue weighted by Crippen LogP contribution is -2.44. The molecule has 8 nitrogen and oxygen atoms in total. The molecule has 0 saturated heterocycles. The van der Waals surface area contributed by atoms with Gasteiger partial charge >= 0.3 is 0 Å². The molecule has 160 valence electrons. The highest BCUT2D eigenvalue weighted by atomic mass is 35.5. The van der Waals surface area contributed by atoms with E-state index >= 15 is 0 Å². The summed E-state index contributed by atoms with van der Waals surface area (Å²) < 4.78 is 32.8. The highest BCUT2D eigenvalue weighted by Crippen LogP contribution is 2.36. The van der Waals surface area contributed by atoms with Crippen LogP contribution < -0.4 is 15.0 Å². The van der Waals surface area contributed by atoms with E-state index in [1.165, 1.54) is 18.0 Å². The van der Waals surface area contributed by atoms with Crippen molar-refractivity contribution in [3.8, 4) is 5.88 Å². The molecule has 0 radical (unpaired) electrons. The van der Waals surface area contributed by atoms with Crippen molar-refractivity contribution in [2.24, 2.45) is 0 Å². The number of nitrogens with one attached hydrogen (secondary N) is 2. The number of H-pyrrole nitrogens is 1. The van der Waals surface area contributed by atoms with Crippen LogP contribution in [0.1, 0.15) is 28.5 Å². The first-order valence-electron chi connectivity index (χ1n) is 9.18. The quantitative estimate of drug-likeness (QED) is 0.636. The van der Waals surface area contributed by atoms with Crippen LogP contribution in [0.5, 0.6) is 5.88 Å². The van der Waals surface area contributed by atoms with Gasteiger partial charge in [-0.2, -0.15) is 10.1 Å². The molecule has 4 rings (SSSR count). The molecular formula is C20H16ClF2N5O3. The fourth-order valence-electron chi connectivity index (χ4n) is 3.19. The Morgan fingerprint density at radius 1 is 1.29 bits per heavy atom. The molecule has 0 aliphatic carbocycles. The third-order valence-corrected chi connectivity index (χ3v) is 4.95. The van der Waals surface area contributed by atoms with Gasteiger partial charge in [0.2, 0.25) is 5.88 Å². The molecule has 0 saturated carbocycles. The van der Waals surface area contributed by atoms with Crippen molar-refractivity contribution in [2.75, 3.05) is 10.2 Å². The minimum atomic E-state index is -0.883. The molecule has 0 spiro atoms. The molecule has 1 aliphatic heterocycles. The number of carbonyl (C=O) groups is 2. The largest absolute Gasteiger partial charge is 0.463 e. The van der Waals surface area contributed by atoms with Gasteiger partial charge in [0.05, 0.1) is 17.8 Å². The number of benzene rings is 1. The van der Waals surface area contributed by atoms with Crippen molar-refractivity contribution in [1.29, 1.82) is 0 Å². The van der Waals surface area contributed by atoms with Crippen LogP contribution in [0, 0.1) is 18.6 Å². The molecule has 2 aromatic heterocycles. The zero-order chi connectivity index (χ0) is 22.3. The molecule has 1 aliphatic rings. The van der Waals surface area contributed by atoms with Gasteiger partial charge in [-0.3, -0.25) is 19.6 Å². The zero-order valence-electron chi connectivity index (χ0n) is 16.4. The second-order valence-electron chi connectivity index (χ2n) is 6.99. The molecule has 0 bridgehead atoms. The monoisotopic (exact) mass is 447 g/mol. The number of halogens is 3. The van der Waals surface area contributed by atoms with E-state index in [1.54, 1.807) is 13.0 Å². The maximum Gasteiger partial charge on any atom is 0.276 e. The smallest absolute Gasteiger partial charge is 0.276 e. The molecule has 0 fully saturated rings. The number of aromatic amines is 1. The molecule has 2 N–H and O–H groups in total. The van der Waals surface area contributed by atoms with Crippen molar-refractivity contribution in [2.45, 2.75) is 26.5 Å². The third kappa shape index (κ3) is 4.06. The number of hydrogen-bond acceptors (Lipinski definition) is 5. The Bertz CT molecular complexity index is 1180. The lowest BCUT2D eigenvalue weighted by Gasteiger charge is -2.33. The van der Waals surface area contributed by atoms with Crippen molar-refractivity contribution in [1.82, 2.24) is 15.2 Å². The fourth-order valence-corrected chi connectivity index (χ4v) is 3.37. The number of aromatic nitrogens is 3. The average molecular weight is 448 g/mol. The average Bonchev–Trinajstić information content (AvgIpc) is 3.12. The highest BCUT2D eigenvalue weighted by molar-refractivity contribution is 6.34. The molecule has 11 heteroatoms. The summed E-state index contributed by atoms with van der Waals surface area (Å²) in [6.07, 6.45) is 0.416. The maximum absolute atomic E-state index is 13.6. The number of anilines is 2. The first-order chi connectivity index (χ1) is 14.7. The molecule has 31 heavy (non-hydrogen) atoms. The first kappa shape index (κ1) is 20.7. The number of fused-ring (bicyclic) bond motifs is 1. The van der Waals surface area contributed by atoms with Crippen molar-refractivity contribution in [3.63, 3.8) is 0 Å². The Kier molecular flexibility index (Phi) is 5.32. The Labute approximate surface area is 180 Å². The summed E-state index contributed by atoms with van der Waals surface area (Å²) in [5.41, 5.74) is 1.20. The summed E-state index contributed by atoms with van der Waals surface area (Å²) in [6, 6.07) is 4.66. The van der Waals surface area contributed by atoms with Crippen LogP contribution in [0.3, 0.4) is 0 Å². The Morgan fingerprint density at radius 3 is 2.65 bits per heavy atom. The van der Waals surface area contributed by atoms with Crippen LogP contribution in [0.2, 0.25) is 5.02 Å². The van der Waals surface area contributed by atoms with E-state index in [0.717, 1.165) is 18.2 Å². The number of rotatable bonds is 4. The van der Waals surface area contributed by atoms with E-state index < -0.39 is 23.6 Å². The van der Waals surface area contributed by atoms with E-state index in [2.05, 4.69) is 20.5 Å². The summed E-state index contributed by atoms with van der Waals surface area (Å²) >= 11 is 5.91. The molecule has 1 atom stereocenters. The van der Waals surface area contributed by atoms with E-state index in [1.807, 2.05) is 0 Å². The SMILES string of the molecule is Cc1cc2c(nc1NC(=O)c1[nH]ncc1Cl)O[C@H](C)C(=O)N2Cc1cc(F)cc(F)c1. The normalized spacial score (nSPS) is 15.5. The molecule has 3 aromatic rings. The molecule has 1 aromatic carbocycles. The second kappa shape index (κ2) is 7.95. The molecule has 0 unspecified atom stereocenters. The van der Waals surface area contributed by atoms with Crippen LogP contribution in [0.4, 0.5) is 20.3 Å². The Balaban J connectivity index is 1.67. The van der Waals surface area contributed by atoms with Gasteiger partial charge in [-0.15, -0.1) is 0 Å². The minimum Gasteiger partial charge on any atom is -0.463 e. The van der Waals surface area contributed by atoms with Gasteiger partial charge in [0.1, 0.15) is 28.8 Å². The van der Waals surface area contributed by atoms with E-state index in [0.29, 0.717) is 11.3 Å². The summed E-state index contributed by atoms with van der Waals surface area (Å²) in [4.78, 5) is 30.8. The summed E-state index contributed by atoms with van der Waals surface area (Å²) in [6.45, 7) is 3.14. The maximum atomic E-state index is 13.6. The molecule has 2 amide bonds. The second-order valence-corrected chi connectivity index (χ2v) is 7.39. The van der Waals surface area contributed by atoms with E-state index in [4.69, 9.17) is 16.3 Å². The number of carbonyl (C=O) groups excluding carboxylic acids is 2. The predicted molar refractivity (Wildman–Crippen MR) is 108 cm³/mol. The van der Waals surface area contributed by atoms with Gasteiger partial charge in [-0.25, -0.2) is 8.78 Å². The van der Waals surface area contributed by atoms with Gasteiger partial charge in [-0.05, 0) is 43.2 Å². The number of ether oxygens (including phenoxy) is 1.